The lowest BCUT2D eigenvalue weighted by Crippen LogP contribution is -2.39. The topological polar surface area (TPSA) is 174 Å². The van der Waals surface area contributed by atoms with E-state index in [0.717, 1.165) is 16.7 Å². The van der Waals surface area contributed by atoms with Crippen molar-refractivity contribution in [1.29, 1.82) is 0 Å². The number of carbonyl (C=O) groups excluding carboxylic acids is 2. The first-order chi connectivity index (χ1) is 28.3. The number of methoxy groups -OCH3 is 2. The molecule has 0 radical (unpaired) electrons. The van der Waals surface area contributed by atoms with Gasteiger partial charge in [-0.1, -0.05) is 85.5 Å². The van der Waals surface area contributed by atoms with Crippen molar-refractivity contribution in [3.05, 3.63) is 155 Å². The van der Waals surface area contributed by atoms with Crippen LogP contribution >= 0.6 is 0 Å². The van der Waals surface area contributed by atoms with Gasteiger partial charge in [-0.2, -0.15) is 4.98 Å². The lowest BCUT2D eigenvalue weighted by atomic mass is 9.80. The minimum Gasteiger partial charge on any atom is -0.497 e. The van der Waals surface area contributed by atoms with E-state index in [-0.39, 0.29) is 43.4 Å². The minimum atomic E-state index is -1.21. The number of amides is 1. The molecule has 0 spiro atoms. The van der Waals surface area contributed by atoms with Gasteiger partial charge in [-0.3, -0.25) is 24.5 Å². The van der Waals surface area contributed by atoms with Crippen LogP contribution in [0.5, 0.6) is 17.2 Å². The summed E-state index contributed by atoms with van der Waals surface area (Å²) in [5.74, 6) is 1.16. The Morgan fingerprint density at radius 3 is 2.14 bits per heavy atom. The maximum absolute atomic E-state index is 13.1. The third kappa shape index (κ3) is 8.55. The molecular weight excluding hydrogens is 746 g/mol. The molecule has 1 amide bonds. The van der Waals surface area contributed by atoms with E-state index in [9.17, 15) is 14.4 Å². The van der Waals surface area contributed by atoms with Crippen LogP contribution in [-0.2, 0) is 29.3 Å². The summed E-state index contributed by atoms with van der Waals surface area (Å²) in [4.78, 5) is 50.1. The Labute approximate surface area is 333 Å². The second-order valence-electron chi connectivity index (χ2n) is 13.1. The molecule has 7 rings (SSSR count). The number of benzene rings is 4. The first-order valence-electron chi connectivity index (χ1n) is 18.3. The van der Waals surface area contributed by atoms with Gasteiger partial charge in [0.15, 0.2) is 17.8 Å². The quantitative estimate of drug-likeness (QED) is 0.0651. The minimum absolute atomic E-state index is 0.00630. The molecule has 3 atom stereocenters. The fourth-order valence-corrected chi connectivity index (χ4v) is 6.74. The van der Waals surface area contributed by atoms with Gasteiger partial charge in [-0.15, -0.1) is 0 Å². The van der Waals surface area contributed by atoms with Gasteiger partial charge >= 0.3 is 6.16 Å². The Bertz CT molecular complexity index is 2340. The molecule has 6 aromatic rings. The van der Waals surface area contributed by atoms with E-state index in [2.05, 4.69) is 26.8 Å². The Kier molecular flexibility index (Phi) is 12.1. The molecule has 15 heteroatoms. The Morgan fingerprint density at radius 2 is 1.52 bits per heavy atom. The average Bonchev–Trinajstić information content (AvgIpc) is 3.87. The van der Waals surface area contributed by atoms with Gasteiger partial charge in [0.2, 0.25) is 5.95 Å². The van der Waals surface area contributed by atoms with Crippen LogP contribution in [-0.4, -0.2) is 77.8 Å². The van der Waals surface area contributed by atoms with Crippen molar-refractivity contribution in [2.45, 2.75) is 30.5 Å². The van der Waals surface area contributed by atoms with Gasteiger partial charge in [-0.25, -0.2) is 9.78 Å². The molecule has 0 aliphatic carbocycles. The predicted octanol–water partition coefficient (Wildman–Crippen LogP) is 6.16. The first kappa shape index (κ1) is 39.3. The number of rotatable bonds is 16. The zero-order valence-electron chi connectivity index (χ0n) is 31.7. The summed E-state index contributed by atoms with van der Waals surface area (Å²) in [6.45, 7) is 3.13. The zero-order valence-corrected chi connectivity index (χ0v) is 31.7. The van der Waals surface area contributed by atoms with Crippen LogP contribution in [0.1, 0.15) is 29.3 Å². The molecule has 1 fully saturated rings. The number of nitrogens with zero attached hydrogens (tertiary/aromatic N) is 3. The Balaban J connectivity index is 1.21. The molecule has 298 valence electrons. The van der Waals surface area contributed by atoms with Gasteiger partial charge in [0, 0.05) is 6.42 Å². The van der Waals surface area contributed by atoms with Crippen LogP contribution in [0.3, 0.4) is 0 Å². The number of aromatic nitrogens is 4. The number of hydrogen-bond acceptors (Lipinski definition) is 12. The molecule has 1 aliphatic heterocycles. The van der Waals surface area contributed by atoms with Crippen molar-refractivity contribution in [3.63, 3.8) is 0 Å². The number of anilines is 1. The lowest BCUT2D eigenvalue weighted by molar-refractivity contribution is -0.118. The van der Waals surface area contributed by atoms with Crippen LogP contribution < -0.4 is 25.1 Å². The maximum atomic E-state index is 13.1. The average molecular weight is 788 g/mol. The molecule has 15 nitrogen and oxygen atoms in total. The highest BCUT2D eigenvalue weighted by atomic mass is 16.7. The van der Waals surface area contributed by atoms with Gasteiger partial charge in [0.1, 0.15) is 47.9 Å². The summed E-state index contributed by atoms with van der Waals surface area (Å²) in [6.07, 6.45) is -0.590. The van der Waals surface area contributed by atoms with Crippen LogP contribution in [0.25, 0.3) is 11.2 Å². The number of fused-ring (bicyclic) bond motifs is 1. The fraction of sp³-hybridized carbons (Fsp3) is 0.233. The summed E-state index contributed by atoms with van der Waals surface area (Å²) in [6, 6.07) is 33.7. The summed E-state index contributed by atoms with van der Waals surface area (Å²) in [5.41, 5.74) is 0.723. The number of hydrogen-bond donors (Lipinski definition) is 2. The van der Waals surface area contributed by atoms with E-state index < -0.39 is 41.7 Å². The number of H-pyrrole nitrogens is 1. The van der Waals surface area contributed by atoms with Crippen LogP contribution in [0.15, 0.2) is 133 Å². The smallest absolute Gasteiger partial charge is 0.497 e. The Morgan fingerprint density at radius 1 is 0.897 bits per heavy atom. The third-order valence-electron chi connectivity index (χ3n) is 9.50. The van der Waals surface area contributed by atoms with Gasteiger partial charge in [0.25, 0.3) is 11.5 Å². The van der Waals surface area contributed by atoms with Gasteiger partial charge < -0.3 is 33.2 Å². The number of nitrogens with one attached hydrogen (secondary N) is 2. The number of aromatic amines is 1. The molecule has 1 saturated heterocycles. The van der Waals surface area contributed by atoms with Crippen molar-refractivity contribution in [2.24, 2.45) is 0 Å². The standard InChI is InChI=1S/C43H41N5O10/c1-4-23-54-42(51)58-34-24-37(48-27-44-38-39(48)46-41(47-40(38)50)45-36(49)26-55-33-13-9-6-10-14-33)57-35(34)25-56-43(28-11-7-5-8-12-28,29-15-19-31(52-2)20-16-29)30-17-21-32(53-3)22-18-30/h4-22,27,34-35,37H,1,23-26H2,2-3H3,(H2,45,46,47,49,50)/t34-,35+,37+/m0/s1. The Hall–Kier alpha value is -6.97. The molecule has 3 heterocycles. The largest absolute Gasteiger partial charge is 0.508 e. The van der Waals surface area contributed by atoms with E-state index in [1.807, 2.05) is 84.9 Å². The maximum Gasteiger partial charge on any atom is 0.508 e. The predicted molar refractivity (Wildman–Crippen MR) is 212 cm³/mol. The number of ether oxygens (including phenoxy) is 7. The van der Waals surface area contributed by atoms with Gasteiger partial charge in [0.05, 0.1) is 27.2 Å². The SMILES string of the molecule is C=CCOC(=O)O[C@H]1C[C@H](n2cnc3c(=O)[nH]c(NC(=O)COc4ccccc4)nc32)O[C@@H]1COC(c1ccccc1)(c1ccc(OC)cc1)c1ccc(OC)cc1. The van der Waals surface area contributed by atoms with E-state index in [1.165, 1.54) is 12.4 Å². The number of para-hydroxylation sites is 1. The van der Waals surface area contributed by atoms with Crippen molar-refractivity contribution in [3.8, 4) is 17.2 Å². The molecular formula is C43H41N5O10. The van der Waals surface area contributed by atoms with E-state index in [0.29, 0.717) is 17.2 Å². The van der Waals surface area contributed by atoms with E-state index in [4.69, 9.17) is 33.2 Å². The molecule has 1 aliphatic rings. The molecule has 0 saturated carbocycles. The van der Waals surface area contributed by atoms with Crippen molar-refractivity contribution in [1.82, 2.24) is 19.5 Å². The van der Waals surface area contributed by atoms with Crippen LogP contribution in [0.4, 0.5) is 10.7 Å². The molecule has 2 N–H and O–H groups in total. The van der Waals surface area contributed by atoms with Crippen LogP contribution in [0, 0.1) is 0 Å². The molecule has 58 heavy (non-hydrogen) atoms. The highest BCUT2D eigenvalue weighted by Gasteiger charge is 2.44. The summed E-state index contributed by atoms with van der Waals surface area (Å²) >= 11 is 0. The second kappa shape index (κ2) is 17.9. The molecule has 0 unspecified atom stereocenters. The summed E-state index contributed by atoms with van der Waals surface area (Å²) in [5, 5.41) is 2.57. The number of imidazole rings is 1. The summed E-state index contributed by atoms with van der Waals surface area (Å²) < 4.78 is 42.7. The third-order valence-corrected chi connectivity index (χ3v) is 9.50. The summed E-state index contributed by atoms with van der Waals surface area (Å²) in [7, 11) is 3.20. The zero-order chi connectivity index (χ0) is 40.5. The highest BCUT2D eigenvalue weighted by Crippen LogP contribution is 2.43. The molecule has 0 bridgehead atoms. The second-order valence-corrected chi connectivity index (χ2v) is 13.1. The van der Waals surface area contributed by atoms with Crippen molar-refractivity contribution < 1.29 is 42.7 Å². The number of carbonyl (C=O) groups is 2. The van der Waals surface area contributed by atoms with E-state index in [1.54, 1.807) is 43.1 Å². The van der Waals surface area contributed by atoms with Crippen molar-refractivity contribution in [2.75, 3.05) is 39.4 Å². The fourth-order valence-electron chi connectivity index (χ4n) is 6.74. The van der Waals surface area contributed by atoms with E-state index >= 15 is 0 Å². The highest BCUT2D eigenvalue weighted by molar-refractivity contribution is 5.90. The molecule has 2 aromatic heterocycles. The normalized spacial score (nSPS) is 16.3. The van der Waals surface area contributed by atoms with Gasteiger partial charge in [-0.05, 0) is 53.1 Å². The van der Waals surface area contributed by atoms with Crippen molar-refractivity contribution >= 4 is 29.2 Å². The first-order valence-corrected chi connectivity index (χ1v) is 18.3. The lowest BCUT2D eigenvalue weighted by Gasteiger charge is -2.37. The van der Waals surface area contributed by atoms with Crippen LogP contribution in [0.2, 0.25) is 0 Å². The monoisotopic (exact) mass is 787 g/mol. The molecule has 4 aromatic carbocycles.